The second kappa shape index (κ2) is 6.06. The molecule has 0 unspecified atom stereocenters. The van der Waals surface area contributed by atoms with Gasteiger partial charge in [-0.15, -0.1) is 0 Å². The Labute approximate surface area is 114 Å². The van der Waals surface area contributed by atoms with Crippen molar-refractivity contribution in [3.8, 4) is 0 Å². The lowest BCUT2D eigenvalue weighted by molar-refractivity contribution is 0.0938. The third-order valence-corrected chi connectivity index (χ3v) is 3.86. The molecule has 0 aromatic heterocycles. The van der Waals surface area contributed by atoms with Crippen LogP contribution >= 0.6 is 0 Å². The summed E-state index contributed by atoms with van der Waals surface area (Å²) in [5.41, 5.74) is 1.84. The van der Waals surface area contributed by atoms with E-state index in [1.54, 1.807) is 7.11 Å². The molecule has 0 atom stereocenters. The van der Waals surface area contributed by atoms with Gasteiger partial charge in [0, 0.05) is 33.0 Å². The maximum Gasteiger partial charge on any atom is 0.253 e. The van der Waals surface area contributed by atoms with Gasteiger partial charge in [0.25, 0.3) is 5.91 Å². The third kappa shape index (κ3) is 3.47. The van der Waals surface area contributed by atoms with Gasteiger partial charge in [0.1, 0.15) is 0 Å². The van der Waals surface area contributed by atoms with E-state index >= 15 is 0 Å². The molecule has 0 saturated heterocycles. The van der Waals surface area contributed by atoms with Crippen molar-refractivity contribution in [3.63, 3.8) is 0 Å². The molecule has 19 heavy (non-hydrogen) atoms. The van der Waals surface area contributed by atoms with E-state index in [4.69, 9.17) is 4.74 Å². The molecular formula is C15H22N2O2. The lowest BCUT2D eigenvalue weighted by atomic mass is 10.0. The normalized spacial score (nSPS) is 15.9. The summed E-state index contributed by atoms with van der Waals surface area (Å²) >= 11 is 0. The molecule has 0 radical (unpaired) electrons. The monoisotopic (exact) mass is 262 g/mol. The average Bonchev–Trinajstić information content (AvgIpc) is 3.23. The van der Waals surface area contributed by atoms with Crippen molar-refractivity contribution < 1.29 is 9.53 Å². The lowest BCUT2D eigenvalue weighted by Crippen LogP contribution is -2.31. The van der Waals surface area contributed by atoms with Crippen LogP contribution in [0, 0.1) is 5.41 Å². The lowest BCUT2D eigenvalue weighted by Gasteiger charge is -2.16. The summed E-state index contributed by atoms with van der Waals surface area (Å²) in [5, 5.41) is 6.09. The molecule has 1 saturated carbocycles. The van der Waals surface area contributed by atoms with Crippen molar-refractivity contribution in [1.29, 1.82) is 0 Å². The molecule has 0 bridgehead atoms. The number of methoxy groups -OCH3 is 1. The number of nitrogens with one attached hydrogen (secondary N) is 2. The topological polar surface area (TPSA) is 50.4 Å². The van der Waals surface area contributed by atoms with E-state index in [1.165, 1.54) is 12.8 Å². The maximum atomic E-state index is 12.2. The van der Waals surface area contributed by atoms with Crippen molar-refractivity contribution in [1.82, 2.24) is 5.32 Å². The van der Waals surface area contributed by atoms with Crippen LogP contribution < -0.4 is 10.6 Å². The molecule has 1 aromatic rings. The van der Waals surface area contributed by atoms with Crippen LogP contribution in [0.5, 0.6) is 0 Å². The van der Waals surface area contributed by atoms with E-state index in [0.717, 1.165) is 25.3 Å². The summed E-state index contributed by atoms with van der Waals surface area (Å²) in [5.74, 6) is -0.00589. The molecule has 4 heteroatoms. The number of carbonyl (C=O) groups is 1. The number of para-hydroxylation sites is 1. The van der Waals surface area contributed by atoms with Crippen molar-refractivity contribution in [2.45, 2.75) is 19.3 Å². The molecular weight excluding hydrogens is 240 g/mol. The predicted octanol–water partition coefficient (Wildman–Crippen LogP) is 2.27. The van der Waals surface area contributed by atoms with E-state index in [9.17, 15) is 4.79 Å². The van der Waals surface area contributed by atoms with Crippen molar-refractivity contribution in [2.24, 2.45) is 5.41 Å². The van der Waals surface area contributed by atoms with Crippen LogP contribution in [0.25, 0.3) is 0 Å². The van der Waals surface area contributed by atoms with Gasteiger partial charge >= 0.3 is 0 Å². The summed E-state index contributed by atoms with van der Waals surface area (Å²) in [6.45, 7) is 1.51. The Hall–Kier alpha value is -1.55. The number of amides is 1. The van der Waals surface area contributed by atoms with Gasteiger partial charge in [-0.1, -0.05) is 12.1 Å². The minimum atomic E-state index is -0.00589. The summed E-state index contributed by atoms with van der Waals surface area (Å²) in [6.07, 6.45) is 3.39. The van der Waals surface area contributed by atoms with Crippen molar-refractivity contribution >= 4 is 11.6 Å². The largest absolute Gasteiger partial charge is 0.387 e. The third-order valence-electron chi connectivity index (χ3n) is 3.86. The van der Waals surface area contributed by atoms with Crippen LogP contribution in [0.1, 0.15) is 29.6 Å². The molecule has 1 fully saturated rings. The summed E-state index contributed by atoms with van der Waals surface area (Å²) in [7, 11) is 3.55. The molecule has 1 aliphatic rings. The van der Waals surface area contributed by atoms with E-state index in [2.05, 4.69) is 10.6 Å². The molecule has 4 nitrogen and oxygen atoms in total. The zero-order valence-corrected chi connectivity index (χ0v) is 11.7. The summed E-state index contributed by atoms with van der Waals surface area (Å²) in [6, 6.07) is 7.56. The van der Waals surface area contributed by atoms with Crippen LogP contribution in [0.2, 0.25) is 0 Å². The molecule has 1 aliphatic carbocycles. The second-order valence-electron chi connectivity index (χ2n) is 5.22. The van der Waals surface area contributed by atoms with E-state index in [1.807, 2.05) is 31.3 Å². The van der Waals surface area contributed by atoms with Gasteiger partial charge in [-0.3, -0.25) is 4.79 Å². The second-order valence-corrected chi connectivity index (χ2v) is 5.22. The van der Waals surface area contributed by atoms with Crippen LogP contribution in [-0.2, 0) is 4.74 Å². The fourth-order valence-corrected chi connectivity index (χ4v) is 2.27. The highest BCUT2D eigenvalue weighted by atomic mass is 16.5. The number of ether oxygens (including phenoxy) is 1. The van der Waals surface area contributed by atoms with Gasteiger partial charge in [0.15, 0.2) is 0 Å². The van der Waals surface area contributed by atoms with Gasteiger partial charge in [0.05, 0.1) is 5.56 Å². The van der Waals surface area contributed by atoms with Gasteiger partial charge in [0.2, 0.25) is 0 Å². The Morgan fingerprint density at radius 3 is 2.74 bits per heavy atom. The first-order valence-electron chi connectivity index (χ1n) is 6.75. The highest BCUT2D eigenvalue weighted by Gasteiger charge is 2.42. The Morgan fingerprint density at radius 2 is 2.11 bits per heavy atom. The molecule has 2 N–H and O–H groups in total. The van der Waals surface area contributed by atoms with Crippen molar-refractivity contribution in [2.75, 3.05) is 32.6 Å². The van der Waals surface area contributed by atoms with Crippen molar-refractivity contribution in [3.05, 3.63) is 29.8 Å². The van der Waals surface area contributed by atoms with Gasteiger partial charge in [-0.25, -0.2) is 0 Å². The molecule has 1 aromatic carbocycles. The van der Waals surface area contributed by atoms with Gasteiger partial charge in [-0.2, -0.15) is 0 Å². The molecule has 1 amide bonds. The number of anilines is 1. The average molecular weight is 262 g/mol. The fraction of sp³-hybridized carbons (Fsp3) is 0.533. The molecule has 0 heterocycles. The first-order chi connectivity index (χ1) is 9.21. The van der Waals surface area contributed by atoms with Crippen LogP contribution in [-0.4, -0.2) is 33.2 Å². The number of rotatable bonds is 7. The maximum absolute atomic E-state index is 12.2. The zero-order valence-electron chi connectivity index (χ0n) is 11.7. The first kappa shape index (κ1) is 13.9. The van der Waals surface area contributed by atoms with E-state index in [-0.39, 0.29) is 11.3 Å². The summed E-state index contributed by atoms with van der Waals surface area (Å²) in [4.78, 5) is 12.2. The Bertz CT molecular complexity index is 442. The SMILES string of the molecule is CNc1ccccc1C(=O)NCC1(CCOC)CC1. The van der Waals surface area contributed by atoms with Crippen LogP contribution in [0.3, 0.4) is 0 Å². The molecule has 0 spiro atoms. The Balaban J connectivity index is 1.91. The van der Waals surface area contributed by atoms with Crippen LogP contribution in [0.4, 0.5) is 5.69 Å². The molecule has 104 valence electrons. The molecule has 0 aliphatic heterocycles. The predicted molar refractivity (Wildman–Crippen MR) is 76.5 cm³/mol. The highest BCUT2D eigenvalue weighted by molar-refractivity contribution is 5.99. The quantitative estimate of drug-likeness (QED) is 0.792. The standard InChI is InChI=1S/C15H22N2O2/c1-16-13-6-4-3-5-12(13)14(18)17-11-15(7-8-15)9-10-19-2/h3-6,16H,7-11H2,1-2H3,(H,17,18). The van der Waals surface area contributed by atoms with E-state index < -0.39 is 0 Å². The highest BCUT2D eigenvalue weighted by Crippen LogP contribution is 2.48. The van der Waals surface area contributed by atoms with E-state index in [0.29, 0.717) is 5.56 Å². The smallest absolute Gasteiger partial charge is 0.253 e. The zero-order chi connectivity index (χ0) is 13.7. The number of carbonyl (C=O) groups excluding carboxylic acids is 1. The fourth-order valence-electron chi connectivity index (χ4n) is 2.27. The first-order valence-corrected chi connectivity index (χ1v) is 6.75. The number of benzene rings is 1. The minimum Gasteiger partial charge on any atom is -0.387 e. The minimum absolute atomic E-state index is 0.00589. The number of hydrogen-bond donors (Lipinski definition) is 2. The number of hydrogen-bond acceptors (Lipinski definition) is 3. The summed E-state index contributed by atoms with van der Waals surface area (Å²) < 4.78 is 5.12. The van der Waals surface area contributed by atoms with Crippen LogP contribution in [0.15, 0.2) is 24.3 Å². The molecule has 2 rings (SSSR count). The Morgan fingerprint density at radius 1 is 1.37 bits per heavy atom. The van der Waals surface area contributed by atoms with Gasteiger partial charge in [-0.05, 0) is 36.8 Å². The Kier molecular flexibility index (Phi) is 4.43. The van der Waals surface area contributed by atoms with Gasteiger partial charge < -0.3 is 15.4 Å².